The molecule has 0 bridgehead atoms. The number of ether oxygens (including phenoxy) is 2. The number of hydrogen-bond acceptors (Lipinski definition) is 4. The van der Waals surface area contributed by atoms with Gasteiger partial charge in [0.05, 0.1) is 31.3 Å². The normalized spacial score (nSPS) is 13.3. The highest BCUT2D eigenvalue weighted by Crippen LogP contribution is 2.19. The molecule has 0 heterocycles. The lowest BCUT2D eigenvalue weighted by Crippen LogP contribution is -2.25. The topological polar surface area (TPSA) is 55.8 Å². The Labute approximate surface area is 126 Å². The third kappa shape index (κ3) is 6.56. The van der Waals surface area contributed by atoms with E-state index in [1.165, 1.54) is 0 Å². The van der Waals surface area contributed by atoms with E-state index >= 15 is 0 Å². The van der Waals surface area contributed by atoms with Gasteiger partial charge in [-0.15, -0.1) is 0 Å². The summed E-state index contributed by atoms with van der Waals surface area (Å²) in [4.78, 5) is 11.7. The second-order valence-corrected chi connectivity index (χ2v) is 5.37. The van der Waals surface area contributed by atoms with Crippen molar-refractivity contribution in [1.82, 2.24) is 0 Å². The van der Waals surface area contributed by atoms with E-state index in [1.807, 2.05) is 30.3 Å². The standard InChI is InChI=1S/C17H24O4/c1-4-21-16(19)17(2,3)11-10-15(18)13-20-12-14-8-6-5-7-9-14/h5-11,15,18H,4,12-13H2,1-3H3/b11-10+. The summed E-state index contributed by atoms with van der Waals surface area (Å²) in [6.45, 7) is 6.25. The molecule has 116 valence electrons. The van der Waals surface area contributed by atoms with Crippen molar-refractivity contribution >= 4 is 5.97 Å². The number of aliphatic hydroxyl groups excluding tert-OH is 1. The van der Waals surface area contributed by atoms with Crippen molar-refractivity contribution in [2.45, 2.75) is 33.5 Å². The zero-order chi connectivity index (χ0) is 15.7. The highest BCUT2D eigenvalue weighted by molar-refractivity contribution is 5.78. The largest absolute Gasteiger partial charge is 0.465 e. The van der Waals surface area contributed by atoms with Crippen molar-refractivity contribution in [1.29, 1.82) is 0 Å². The summed E-state index contributed by atoms with van der Waals surface area (Å²) in [7, 11) is 0. The van der Waals surface area contributed by atoms with Crippen LogP contribution in [0.25, 0.3) is 0 Å². The fraction of sp³-hybridized carbons (Fsp3) is 0.471. The van der Waals surface area contributed by atoms with Crippen LogP contribution in [0.4, 0.5) is 0 Å². The van der Waals surface area contributed by atoms with Gasteiger partial charge in [-0.25, -0.2) is 0 Å². The lowest BCUT2D eigenvalue weighted by Gasteiger charge is -2.18. The monoisotopic (exact) mass is 292 g/mol. The average Bonchev–Trinajstić information content (AvgIpc) is 2.46. The van der Waals surface area contributed by atoms with Gasteiger partial charge in [-0.1, -0.05) is 42.5 Å². The molecule has 4 nitrogen and oxygen atoms in total. The van der Waals surface area contributed by atoms with Crippen molar-refractivity contribution < 1.29 is 19.4 Å². The third-order valence-corrected chi connectivity index (χ3v) is 2.94. The van der Waals surface area contributed by atoms with Gasteiger partial charge in [-0.3, -0.25) is 4.79 Å². The molecule has 1 N–H and O–H groups in total. The maximum atomic E-state index is 11.7. The van der Waals surface area contributed by atoms with Crippen molar-refractivity contribution in [2.75, 3.05) is 13.2 Å². The number of esters is 1. The minimum atomic E-state index is -0.754. The highest BCUT2D eigenvalue weighted by atomic mass is 16.5. The van der Waals surface area contributed by atoms with Gasteiger partial charge >= 0.3 is 5.97 Å². The van der Waals surface area contributed by atoms with Gasteiger partial charge in [0.1, 0.15) is 0 Å². The van der Waals surface area contributed by atoms with Gasteiger partial charge in [0, 0.05) is 0 Å². The summed E-state index contributed by atoms with van der Waals surface area (Å²) in [5.74, 6) is -0.307. The van der Waals surface area contributed by atoms with Gasteiger partial charge in [-0.05, 0) is 26.3 Å². The van der Waals surface area contributed by atoms with Gasteiger partial charge < -0.3 is 14.6 Å². The van der Waals surface area contributed by atoms with Crippen molar-refractivity contribution in [3.05, 3.63) is 48.0 Å². The summed E-state index contributed by atoms with van der Waals surface area (Å²) in [5, 5.41) is 9.84. The lowest BCUT2D eigenvalue weighted by atomic mass is 9.92. The summed E-state index contributed by atoms with van der Waals surface area (Å²) in [6.07, 6.45) is 2.48. The molecule has 1 atom stereocenters. The summed E-state index contributed by atoms with van der Waals surface area (Å²) in [5.41, 5.74) is 0.302. The van der Waals surface area contributed by atoms with Crippen LogP contribution < -0.4 is 0 Å². The summed E-state index contributed by atoms with van der Waals surface area (Å²) >= 11 is 0. The van der Waals surface area contributed by atoms with Crippen LogP contribution in [-0.4, -0.2) is 30.4 Å². The minimum Gasteiger partial charge on any atom is -0.465 e. The molecule has 4 heteroatoms. The Morgan fingerprint density at radius 2 is 2.00 bits per heavy atom. The van der Waals surface area contributed by atoms with Crippen LogP contribution >= 0.6 is 0 Å². The van der Waals surface area contributed by atoms with E-state index in [4.69, 9.17) is 9.47 Å². The van der Waals surface area contributed by atoms with Crippen LogP contribution in [-0.2, 0) is 20.9 Å². The number of aliphatic hydroxyl groups is 1. The van der Waals surface area contributed by atoms with Crippen LogP contribution in [0.5, 0.6) is 0 Å². The molecular weight excluding hydrogens is 268 g/mol. The smallest absolute Gasteiger partial charge is 0.315 e. The Hall–Kier alpha value is -1.65. The predicted octanol–water partition coefficient (Wildman–Crippen LogP) is 2.71. The molecule has 0 fully saturated rings. The Bertz CT molecular complexity index is 451. The second-order valence-electron chi connectivity index (χ2n) is 5.37. The van der Waals surface area contributed by atoms with E-state index < -0.39 is 11.5 Å². The SMILES string of the molecule is CCOC(=O)C(C)(C)/C=C/C(O)COCc1ccccc1. The van der Waals surface area contributed by atoms with Crippen LogP contribution in [0.3, 0.4) is 0 Å². The molecule has 0 aliphatic rings. The number of carbonyl (C=O) groups excluding carboxylic acids is 1. The molecule has 0 saturated carbocycles. The quantitative estimate of drug-likeness (QED) is 0.591. The molecule has 1 aromatic carbocycles. The molecule has 0 spiro atoms. The van der Waals surface area contributed by atoms with Crippen LogP contribution in [0.2, 0.25) is 0 Å². The molecule has 0 aromatic heterocycles. The Kier molecular flexibility index (Phi) is 7.12. The van der Waals surface area contributed by atoms with Crippen molar-refractivity contribution in [3.8, 4) is 0 Å². The van der Waals surface area contributed by atoms with E-state index in [1.54, 1.807) is 32.9 Å². The molecule has 1 aromatic rings. The Morgan fingerprint density at radius 1 is 1.33 bits per heavy atom. The van der Waals surface area contributed by atoms with Gasteiger partial charge in [-0.2, -0.15) is 0 Å². The molecule has 0 aliphatic carbocycles. The van der Waals surface area contributed by atoms with Gasteiger partial charge in [0.2, 0.25) is 0 Å². The Morgan fingerprint density at radius 3 is 2.62 bits per heavy atom. The van der Waals surface area contributed by atoms with E-state index in [2.05, 4.69) is 0 Å². The van der Waals surface area contributed by atoms with Crippen molar-refractivity contribution in [2.24, 2.45) is 5.41 Å². The van der Waals surface area contributed by atoms with Crippen LogP contribution in [0.15, 0.2) is 42.5 Å². The predicted molar refractivity (Wildman–Crippen MR) is 81.7 cm³/mol. The molecule has 1 rings (SSSR count). The van der Waals surface area contributed by atoms with Crippen molar-refractivity contribution in [3.63, 3.8) is 0 Å². The number of hydrogen-bond donors (Lipinski definition) is 1. The van der Waals surface area contributed by atoms with E-state index in [0.717, 1.165) is 5.56 Å². The number of benzene rings is 1. The fourth-order valence-corrected chi connectivity index (χ4v) is 1.66. The minimum absolute atomic E-state index is 0.185. The summed E-state index contributed by atoms with van der Waals surface area (Å²) < 4.78 is 10.4. The molecule has 0 radical (unpaired) electrons. The number of rotatable bonds is 8. The average molecular weight is 292 g/mol. The zero-order valence-corrected chi connectivity index (χ0v) is 12.9. The van der Waals surface area contributed by atoms with E-state index in [9.17, 15) is 9.90 Å². The summed E-state index contributed by atoms with van der Waals surface area (Å²) in [6, 6.07) is 9.75. The van der Waals surface area contributed by atoms with E-state index in [0.29, 0.717) is 13.2 Å². The molecular formula is C17H24O4. The fourth-order valence-electron chi connectivity index (χ4n) is 1.66. The van der Waals surface area contributed by atoms with Crippen LogP contribution in [0.1, 0.15) is 26.3 Å². The first-order valence-corrected chi connectivity index (χ1v) is 7.12. The highest BCUT2D eigenvalue weighted by Gasteiger charge is 2.25. The first-order chi connectivity index (χ1) is 9.95. The third-order valence-electron chi connectivity index (χ3n) is 2.94. The first kappa shape index (κ1) is 17.4. The van der Waals surface area contributed by atoms with Gasteiger partial charge in [0.25, 0.3) is 0 Å². The molecule has 0 aliphatic heterocycles. The zero-order valence-electron chi connectivity index (χ0n) is 12.9. The molecule has 1 unspecified atom stereocenters. The van der Waals surface area contributed by atoms with E-state index in [-0.39, 0.29) is 12.6 Å². The second kappa shape index (κ2) is 8.60. The number of carbonyl (C=O) groups is 1. The molecule has 0 saturated heterocycles. The molecule has 21 heavy (non-hydrogen) atoms. The van der Waals surface area contributed by atoms with Crippen LogP contribution in [0, 0.1) is 5.41 Å². The Balaban J connectivity index is 2.37. The lowest BCUT2D eigenvalue weighted by molar-refractivity contribution is -0.150. The first-order valence-electron chi connectivity index (χ1n) is 7.12. The maximum absolute atomic E-state index is 11.7. The molecule has 0 amide bonds. The maximum Gasteiger partial charge on any atom is 0.315 e. The van der Waals surface area contributed by atoms with Gasteiger partial charge in [0.15, 0.2) is 0 Å².